The lowest BCUT2D eigenvalue weighted by Gasteiger charge is -2.28. The van der Waals surface area contributed by atoms with Crippen LogP contribution in [0, 0.1) is 0 Å². The van der Waals surface area contributed by atoms with Gasteiger partial charge in [0.1, 0.15) is 8.13 Å². The van der Waals surface area contributed by atoms with Crippen LogP contribution < -0.4 is 11.1 Å². The third kappa shape index (κ3) is 2.58. The van der Waals surface area contributed by atoms with Crippen molar-refractivity contribution < 1.29 is 4.79 Å². The Kier molecular flexibility index (Phi) is 3.94. The second kappa shape index (κ2) is 5.11. The zero-order valence-electron chi connectivity index (χ0n) is 9.39. The molecule has 2 heterocycles. The van der Waals surface area contributed by atoms with Crippen LogP contribution in [0.15, 0.2) is 24.4 Å². The van der Waals surface area contributed by atoms with Crippen LogP contribution in [0.1, 0.15) is 12.6 Å². The standard InChI is InChI=1S/C11H14IN3OS/c1-7-11(9(13)16,17-10(12)15-7)6-8-4-2-3-5-14-8/h2-5,7,10,15H,6H2,1H3,(H2,13,16). The number of nitrogens with zero attached hydrogens (tertiary/aromatic N) is 1. The van der Waals surface area contributed by atoms with Crippen LogP contribution >= 0.6 is 34.4 Å². The Bertz CT molecular complexity index is 416. The molecule has 3 unspecified atom stereocenters. The van der Waals surface area contributed by atoms with Gasteiger partial charge in [-0.1, -0.05) is 28.7 Å². The number of alkyl halides is 1. The van der Waals surface area contributed by atoms with Gasteiger partial charge in [-0.15, -0.1) is 11.8 Å². The second-order valence-electron chi connectivity index (χ2n) is 4.07. The fourth-order valence-corrected chi connectivity index (χ4v) is 5.14. The minimum atomic E-state index is -0.597. The lowest BCUT2D eigenvalue weighted by molar-refractivity contribution is -0.120. The Morgan fingerprint density at radius 2 is 2.47 bits per heavy atom. The highest BCUT2D eigenvalue weighted by Crippen LogP contribution is 2.42. The van der Waals surface area contributed by atoms with E-state index in [1.165, 1.54) is 0 Å². The summed E-state index contributed by atoms with van der Waals surface area (Å²) in [5.74, 6) is -0.271. The van der Waals surface area contributed by atoms with E-state index in [-0.39, 0.29) is 15.3 Å². The van der Waals surface area contributed by atoms with Gasteiger partial charge >= 0.3 is 0 Å². The molecule has 1 aliphatic rings. The number of primary amides is 1. The van der Waals surface area contributed by atoms with Crippen molar-refractivity contribution in [2.75, 3.05) is 0 Å². The van der Waals surface area contributed by atoms with Crippen molar-refractivity contribution in [2.24, 2.45) is 5.73 Å². The first-order chi connectivity index (χ1) is 8.04. The average molecular weight is 363 g/mol. The minimum absolute atomic E-state index is 0.0499. The third-order valence-electron chi connectivity index (χ3n) is 2.98. The van der Waals surface area contributed by atoms with Gasteiger partial charge in [-0.3, -0.25) is 15.1 Å². The van der Waals surface area contributed by atoms with Crippen LogP contribution in [0.25, 0.3) is 0 Å². The van der Waals surface area contributed by atoms with E-state index in [0.717, 1.165) is 5.69 Å². The Balaban J connectivity index is 2.27. The SMILES string of the molecule is CC1NC(I)SC1(Cc1ccccn1)C(N)=O. The van der Waals surface area contributed by atoms with E-state index >= 15 is 0 Å². The van der Waals surface area contributed by atoms with Crippen LogP contribution in [0.5, 0.6) is 0 Å². The summed E-state index contributed by atoms with van der Waals surface area (Å²) in [6, 6.07) is 5.77. The maximum Gasteiger partial charge on any atom is 0.235 e. The fraction of sp³-hybridized carbons (Fsp3) is 0.455. The summed E-state index contributed by atoms with van der Waals surface area (Å²) in [5.41, 5.74) is 6.50. The van der Waals surface area contributed by atoms with E-state index in [4.69, 9.17) is 5.73 Å². The summed E-state index contributed by atoms with van der Waals surface area (Å²) < 4.78 is -0.390. The number of halogens is 1. The number of carbonyl (C=O) groups excluding carboxylic acids is 1. The summed E-state index contributed by atoms with van der Waals surface area (Å²) in [6.07, 6.45) is 2.31. The molecule has 1 aromatic rings. The Labute approximate surface area is 118 Å². The summed E-state index contributed by atoms with van der Waals surface area (Å²) in [5, 5.41) is 3.33. The molecule has 0 radical (unpaired) electrons. The van der Waals surface area contributed by atoms with Crippen LogP contribution in [-0.4, -0.2) is 25.1 Å². The van der Waals surface area contributed by atoms with Crippen LogP contribution in [0.3, 0.4) is 0 Å². The maximum absolute atomic E-state index is 11.8. The van der Waals surface area contributed by atoms with Crippen molar-refractivity contribution in [1.82, 2.24) is 10.3 Å². The van der Waals surface area contributed by atoms with Gasteiger partial charge in [-0.05, 0) is 19.1 Å². The Morgan fingerprint density at radius 1 is 1.71 bits per heavy atom. The number of nitrogens with one attached hydrogen (secondary N) is 1. The first-order valence-corrected chi connectivity index (χ1v) is 7.45. The number of hydrogen-bond acceptors (Lipinski definition) is 4. The molecular weight excluding hydrogens is 349 g/mol. The highest BCUT2D eigenvalue weighted by Gasteiger charge is 2.50. The van der Waals surface area contributed by atoms with Crippen molar-refractivity contribution in [3.8, 4) is 0 Å². The van der Waals surface area contributed by atoms with Crippen molar-refractivity contribution >= 4 is 40.3 Å². The maximum atomic E-state index is 11.8. The average Bonchev–Trinajstić information content (AvgIpc) is 2.56. The molecular formula is C11H14IN3OS. The molecule has 1 saturated heterocycles. The number of aromatic nitrogens is 1. The predicted molar refractivity (Wildman–Crippen MR) is 77.9 cm³/mol. The summed E-state index contributed by atoms with van der Waals surface area (Å²) in [4.78, 5) is 16.1. The zero-order valence-corrected chi connectivity index (χ0v) is 12.4. The number of rotatable bonds is 3. The number of pyridine rings is 1. The molecule has 1 fully saturated rings. The fourth-order valence-electron chi connectivity index (χ4n) is 1.98. The van der Waals surface area contributed by atoms with E-state index in [0.29, 0.717) is 6.42 Å². The highest BCUT2D eigenvalue weighted by molar-refractivity contribution is 14.1. The molecule has 0 aromatic carbocycles. The zero-order chi connectivity index (χ0) is 12.5. The Hall–Kier alpha value is -0.340. The topological polar surface area (TPSA) is 68.0 Å². The molecule has 2 rings (SSSR count). The van der Waals surface area contributed by atoms with Crippen LogP contribution in [0.2, 0.25) is 0 Å². The molecule has 1 amide bonds. The largest absolute Gasteiger partial charge is 0.368 e. The monoisotopic (exact) mass is 363 g/mol. The van der Waals surface area contributed by atoms with Crippen LogP contribution in [0.4, 0.5) is 0 Å². The molecule has 92 valence electrons. The number of carbonyl (C=O) groups is 1. The number of amides is 1. The van der Waals surface area contributed by atoms with Gasteiger partial charge in [-0.25, -0.2) is 0 Å². The van der Waals surface area contributed by atoms with Crippen molar-refractivity contribution in [3.05, 3.63) is 30.1 Å². The molecule has 3 N–H and O–H groups in total. The Morgan fingerprint density at radius 3 is 2.94 bits per heavy atom. The molecule has 3 atom stereocenters. The molecule has 0 bridgehead atoms. The third-order valence-corrected chi connectivity index (χ3v) is 5.57. The number of thioether (sulfide) groups is 1. The lowest BCUT2D eigenvalue weighted by Crippen LogP contribution is -2.51. The van der Waals surface area contributed by atoms with Gasteiger partial charge < -0.3 is 5.73 Å². The summed E-state index contributed by atoms with van der Waals surface area (Å²) >= 11 is 3.86. The first kappa shape index (κ1) is 13.1. The van der Waals surface area contributed by atoms with Gasteiger partial charge in [0.2, 0.25) is 5.91 Å². The molecule has 6 heteroatoms. The predicted octanol–water partition coefficient (Wildman–Crippen LogP) is 1.29. The smallest absolute Gasteiger partial charge is 0.235 e. The van der Waals surface area contributed by atoms with Gasteiger partial charge in [0.15, 0.2) is 0 Å². The molecule has 17 heavy (non-hydrogen) atoms. The van der Waals surface area contributed by atoms with Crippen LogP contribution in [-0.2, 0) is 11.2 Å². The number of nitrogens with two attached hydrogens (primary N) is 1. The van der Waals surface area contributed by atoms with Crippen molar-refractivity contribution in [1.29, 1.82) is 0 Å². The molecule has 4 nitrogen and oxygen atoms in total. The van der Waals surface area contributed by atoms with E-state index in [2.05, 4.69) is 32.9 Å². The van der Waals surface area contributed by atoms with E-state index in [9.17, 15) is 4.79 Å². The second-order valence-corrected chi connectivity index (χ2v) is 7.60. The normalized spacial score (nSPS) is 32.6. The van der Waals surface area contributed by atoms with E-state index in [1.54, 1.807) is 18.0 Å². The van der Waals surface area contributed by atoms with E-state index in [1.807, 2.05) is 25.1 Å². The first-order valence-electron chi connectivity index (χ1n) is 5.32. The quantitative estimate of drug-likeness (QED) is 0.483. The van der Waals surface area contributed by atoms with Crippen molar-refractivity contribution in [3.63, 3.8) is 0 Å². The highest BCUT2D eigenvalue weighted by atomic mass is 127. The minimum Gasteiger partial charge on any atom is -0.368 e. The van der Waals surface area contributed by atoms with Gasteiger partial charge in [0.25, 0.3) is 0 Å². The number of hydrogen-bond donors (Lipinski definition) is 2. The summed E-state index contributed by atoms with van der Waals surface area (Å²) in [7, 11) is 0. The molecule has 0 spiro atoms. The van der Waals surface area contributed by atoms with Crippen molar-refractivity contribution in [2.45, 2.75) is 27.5 Å². The van der Waals surface area contributed by atoms with Gasteiger partial charge in [0.05, 0.1) is 0 Å². The van der Waals surface area contributed by atoms with E-state index < -0.39 is 4.75 Å². The summed E-state index contributed by atoms with van der Waals surface area (Å²) in [6.45, 7) is 2.00. The molecule has 0 saturated carbocycles. The van der Waals surface area contributed by atoms with Gasteiger partial charge in [-0.2, -0.15) is 0 Å². The van der Waals surface area contributed by atoms with Gasteiger partial charge in [0, 0.05) is 24.4 Å². The molecule has 0 aliphatic carbocycles. The molecule has 1 aliphatic heterocycles. The lowest BCUT2D eigenvalue weighted by atomic mass is 9.93. The molecule has 1 aromatic heterocycles.